The van der Waals surface area contributed by atoms with Gasteiger partial charge in [-0.15, -0.1) is 0 Å². The number of fused-ring (bicyclic) bond motifs is 2. The molecule has 9 nitrogen and oxygen atoms in total. The van der Waals surface area contributed by atoms with Crippen LogP contribution in [0.1, 0.15) is 12.8 Å². The highest BCUT2D eigenvalue weighted by atomic mass is 16.6. The summed E-state index contributed by atoms with van der Waals surface area (Å²) in [5.41, 5.74) is 4.30. The van der Waals surface area contributed by atoms with Crippen LogP contribution in [0.2, 0.25) is 0 Å². The van der Waals surface area contributed by atoms with E-state index >= 15 is 0 Å². The number of aromatic amines is 1. The molecule has 0 amide bonds. The first-order valence-electron chi connectivity index (χ1n) is 9.84. The van der Waals surface area contributed by atoms with E-state index in [9.17, 15) is 0 Å². The summed E-state index contributed by atoms with van der Waals surface area (Å²) in [7, 11) is 0. The van der Waals surface area contributed by atoms with Crippen LogP contribution in [0.5, 0.6) is 0 Å². The molecule has 4 aromatic rings. The largest absolute Gasteiger partial charge is 0.463 e. The number of rotatable bonds is 4. The van der Waals surface area contributed by atoms with Crippen molar-refractivity contribution in [2.24, 2.45) is 0 Å². The van der Waals surface area contributed by atoms with Gasteiger partial charge in [-0.2, -0.15) is 10.1 Å². The minimum Gasteiger partial charge on any atom is -0.463 e. The number of imidazole rings is 1. The number of ether oxygens (including phenoxy) is 2. The summed E-state index contributed by atoms with van der Waals surface area (Å²) in [4.78, 5) is 13.4. The Morgan fingerprint density at radius 2 is 2.13 bits per heavy atom. The molecule has 9 heteroatoms. The molecular weight excluding hydrogens is 394 g/mol. The number of nitrogens with zero attached hydrogens (tertiary/aromatic N) is 5. The van der Waals surface area contributed by atoms with Crippen LogP contribution in [0.3, 0.4) is 0 Å². The van der Waals surface area contributed by atoms with Gasteiger partial charge in [-0.05, 0) is 36.6 Å². The molecule has 1 aliphatic heterocycles. The van der Waals surface area contributed by atoms with E-state index in [1.807, 2.05) is 34.9 Å². The fourth-order valence-corrected chi connectivity index (χ4v) is 3.57. The first-order chi connectivity index (χ1) is 15.3. The van der Waals surface area contributed by atoms with E-state index in [1.165, 1.54) is 6.26 Å². The topological polar surface area (TPSA) is 103 Å². The number of benzene rings is 1. The van der Waals surface area contributed by atoms with Crippen molar-refractivity contribution in [3.63, 3.8) is 0 Å². The third-order valence-corrected chi connectivity index (χ3v) is 5.13. The second-order valence-corrected chi connectivity index (χ2v) is 7.14. The maximum atomic E-state index is 5.95. The fourth-order valence-electron chi connectivity index (χ4n) is 3.57. The second kappa shape index (κ2) is 7.13. The van der Waals surface area contributed by atoms with Crippen LogP contribution in [0.25, 0.3) is 27.8 Å². The van der Waals surface area contributed by atoms with Crippen LogP contribution in [-0.2, 0) is 9.47 Å². The molecule has 2 N–H and O–H groups in total. The van der Waals surface area contributed by atoms with Gasteiger partial charge < -0.3 is 9.47 Å². The highest BCUT2D eigenvalue weighted by molar-refractivity contribution is 5.81. The summed E-state index contributed by atoms with van der Waals surface area (Å²) in [6, 6.07) is 6.00. The maximum absolute atomic E-state index is 5.95. The van der Waals surface area contributed by atoms with Crippen molar-refractivity contribution < 1.29 is 9.47 Å². The van der Waals surface area contributed by atoms with Crippen LogP contribution < -0.4 is 5.32 Å². The molecule has 0 fully saturated rings. The molecule has 0 saturated heterocycles. The monoisotopic (exact) mass is 411 g/mol. The van der Waals surface area contributed by atoms with Gasteiger partial charge in [0.05, 0.1) is 23.6 Å². The van der Waals surface area contributed by atoms with Crippen molar-refractivity contribution in [1.82, 2.24) is 29.7 Å². The third-order valence-electron chi connectivity index (χ3n) is 5.13. The van der Waals surface area contributed by atoms with Crippen molar-refractivity contribution in [2.45, 2.75) is 12.8 Å². The number of hydrogen-bond donors (Lipinski definition) is 2. The van der Waals surface area contributed by atoms with Gasteiger partial charge in [-0.25, -0.2) is 9.97 Å². The predicted octanol–water partition coefficient (Wildman–Crippen LogP) is 4.07. The minimum absolute atomic E-state index is 0.380. The van der Waals surface area contributed by atoms with Gasteiger partial charge in [0.25, 0.3) is 0 Å². The molecule has 0 saturated carbocycles. The van der Waals surface area contributed by atoms with Gasteiger partial charge in [-0.3, -0.25) is 15.0 Å². The lowest BCUT2D eigenvalue weighted by Crippen LogP contribution is -2.12. The average molecular weight is 411 g/mol. The highest BCUT2D eigenvalue weighted by Gasteiger charge is 2.17. The normalized spacial score (nSPS) is 15.8. The molecule has 2 aliphatic rings. The third kappa shape index (κ3) is 3.21. The van der Waals surface area contributed by atoms with Gasteiger partial charge in [0.1, 0.15) is 18.1 Å². The van der Waals surface area contributed by atoms with E-state index in [4.69, 9.17) is 9.47 Å². The van der Waals surface area contributed by atoms with Crippen molar-refractivity contribution in [3.8, 4) is 5.69 Å². The lowest BCUT2D eigenvalue weighted by atomic mass is 10.0. The van der Waals surface area contributed by atoms with Crippen LogP contribution in [0, 0.1) is 0 Å². The molecule has 4 heterocycles. The van der Waals surface area contributed by atoms with Gasteiger partial charge in [-0.1, -0.05) is 18.2 Å². The molecule has 0 unspecified atom stereocenters. The lowest BCUT2D eigenvalue weighted by molar-refractivity contribution is 0.233. The van der Waals surface area contributed by atoms with E-state index in [2.05, 4.69) is 36.5 Å². The van der Waals surface area contributed by atoms with Gasteiger partial charge in [0, 0.05) is 5.39 Å². The Kier molecular flexibility index (Phi) is 4.02. The van der Waals surface area contributed by atoms with E-state index in [-0.39, 0.29) is 0 Å². The Morgan fingerprint density at radius 3 is 3.06 bits per heavy atom. The van der Waals surface area contributed by atoms with Crippen molar-refractivity contribution in [2.75, 3.05) is 5.32 Å². The van der Waals surface area contributed by atoms with E-state index in [0.29, 0.717) is 28.8 Å². The van der Waals surface area contributed by atoms with Gasteiger partial charge in [0.2, 0.25) is 11.8 Å². The Balaban J connectivity index is 1.28. The quantitative estimate of drug-likeness (QED) is 0.522. The Morgan fingerprint density at radius 1 is 1.13 bits per heavy atom. The fraction of sp³-hybridized carbons (Fsp3) is 0.0909. The number of H-pyrrole nitrogens is 1. The van der Waals surface area contributed by atoms with E-state index in [0.717, 1.165) is 35.0 Å². The molecule has 6 rings (SSSR count). The molecule has 0 spiro atoms. The Hall–Kier alpha value is -4.40. The van der Waals surface area contributed by atoms with E-state index in [1.54, 1.807) is 25.0 Å². The van der Waals surface area contributed by atoms with E-state index < -0.39 is 0 Å². The summed E-state index contributed by atoms with van der Waals surface area (Å²) in [6.07, 6.45) is 16.3. The number of allylic oxidation sites excluding steroid dienone is 4. The van der Waals surface area contributed by atoms with Crippen LogP contribution in [0.15, 0.2) is 84.9 Å². The number of nitrogens with one attached hydrogen (secondary N) is 2. The van der Waals surface area contributed by atoms with Crippen LogP contribution in [0.4, 0.5) is 5.95 Å². The second-order valence-electron chi connectivity index (χ2n) is 7.14. The summed E-state index contributed by atoms with van der Waals surface area (Å²) < 4.78 is 13.3. The highest BCUT2D eigenvalue weighted by Crippen LogP contribution is 2.27. The SMILES string of the molecule is C1=CCCC(C2=COC=C(Nc3ncc4ncn(-c5ccc6cn[nH]c6c5)c4n3)O2)=C1. The Bertz CT molecular complexity index is 1420. The molecule has 0 atom stereocenters. The summed E-state index contributed by atoms with van der Waals surface area (Å²) in [5, 5.41) is 11.2. The Labute approximate surface area is 176 Å². The molecule has 1 aromatic carbocycles. The molecule has 152 valence electrons. The van der Waals surface area contributed by atoms with Crippen molar-refractivity contribution in [3.05, 3.63) is 84.9 Å². The standard InChI is InChI=1S/C22H17N7O2/c1-2-4-14(5-3-1)19-11-30-12-20(31-19)26-22-23-10-18-21(27-22)29(13-24-18)16-7-6-15-9-25-28-17(15)8-16/h1-2,4,6-13H,3,5H2,(H,25,28)(H,23,26,27). The predicted molar refractivity (Wildman–Crippen MR) is 115 cm³/mol. The van der Waals surface area contributed by atoms with Crippen LogP contribution in [-0.4, -0.2) is 29.7 Å². The number of hydrogen-bond acceptors (Lipinski definition) is 7. The number of anilines is 1. The zero-order valence-electron chi connectivity index (χ0n) is 16.3. The van der Waals surface area contributed by atoms with Crippen molar-refractivity contribution >= 4 is 28.0 Å². The molecular formula is C22H17N7O2. The summed E-state index contributed by atoms with van der Waals surface area (Å²) in [5.74, 6) is 1.47. The lowest BCUT2D eigenvalue weighted by Gasteiger charge is -2.19. The average Bonchev–Trinajstić information content (AvgIpc) is 3.46. The smallest absolute Gasteiger partial charge is 0.235 e. The zero-order valence-corrected chi connectivity index (χ0v) is 16.3. The summed E-state index contributed by atoms with van der Waals surface area (Å²) in [6.45, 7) is 0. The summed E-state index contributed by atoms with van der Waals surface area (Å²) >= 11 is 0. The maximum Gasteiger partial charge on any atom is 0.235 e. The minimum atomic E-state index is 0.380. The van der Waals surface area contributed by atoms with Gasteiger partial charge >= 0.3 is 0 Å². The first-order valence-corrected chi connectivity index (χ1v) is 9.84. The first kappa shape index (κ1) is 17.5. The van der Waals surface area contributed by atoms with Crippen molar-refractivity contribution in [1.29, 1.82) is 0 Å². The molecule has 31 heavy (non-hydrogen) atoms. The molecule has 1 aliphatic carbocycles. The van der Waals surface area contributed by atoms with Gasteiger partial charge in [0.15, 0.2) is 17.7 Å². The zero-order chi connectivity index (χ0) is 20.6. The van der Waals surface area contributed by atoms with Crippen LogP contribution >= 0.6 is 0 Å². The number of aromatic nitrogens is 6. The molecule has 0 radical (unpaired) electrons. The molecule has 0 bridgehead atoms. The molecule has 3 aromatic heterocycles.